The van der Waals surface area contributed by atoms with E-state index in [2.05, 4.69) is 25.8 Å². The second-order valence-electron chi connectivity index (χ2n) is 6.17. The van der Waals surface area contributed by atoms with Crippen molar-refractivity contribution in [3.05, 3.63) is 0 Å². The molecule has 3 nitrogen and oxygen atoms in total. The Hall–Kier alpha value is -0.570. The van der Waals surface area contributed by atoms with Crippen LogP contribution < -0.4 is 0 Å². The Bertz CT molecular complexity index is 267. The molecule has 0 heterocycles. The van der Waals surface area contributed by atoms with Gasteiger partial charge in [-0.3, -0.25) is 4.79 Å². The van der Waals surface area contributed by atoms with Gasteiger partial charge in [0.1, 0.15) is 0 Å². The maximum Gasteiger partial charge on any atom is 0.308 e. The average Bonchev–Trinajstić information content (AvgIpc) is 2.39. The number of rotatable bonds is 8. The van der Waals surface area contributed by atoms with Crippen molar-refractivity contribution in [2.24, 2.45) is 11.8 Å². The second-order valence-corrected chi connectivity index (χ2v) is 6.17. The summed E-state index contributed by atoms with van der Waals surface area (Å²) in [6, 6.07) is 0.250. The van der Waals surface area contributed by atoms with Gasteiger partial charge in [0.05, 0.1) is 5.92 Å². The van der Waals surface area contributed by atoms with Crippen molar-refractivity contribution in [1.82, 2.24) is 4.90 Å². The third kappa shape index (κ3) is 5.13. The lowest BCUT2D eigenvalue weighted by Crippen LogP contribution is -2.45. The molecule has 1 aliphatic carbocycles. The molecule has 3 heteroatoms. The van der Waals surface area contributed by atoms with Gasteiger partial charge in [0.15, 0.2) is 0 Å². The van der Waals surface area contributed by atoms with Crippen LogP contribution in [0.4, 0.5) is 0 Å². The molecule has 0 spiro atoms. The number of carboxylic acids is 1. The summed E-state index contributed by atoms with van der Waals surface area (Å²) < 4.78 is 0. The van der Waals surface area contributed by atoms with E-state index in [-0.39, 0.29) is 12.0 Å². The van der Waals surface area contributed by atoms with Crippen molar-refractivity contribution in [3.8, 4) is 0 Å². The highest BCUT2D eigenvalue weighted by atomic mass is 16.4. The predicted octanol–water partition coefficient (Wildman–Crippen LogP) is 3.78. The number of hydrogen-bond acceptors (Lipinski definition) is 2. The molecular weight excluding hydrogens is 238 g/mol. The molecule has 19 heavy (non-hydrogen) atoms. The first kappa shape index (κ1) is 16.5. The van der Waals surface area contributed by atoms with Crippen molar-refractivity contribution in [1.29, 1.82) is 0 Å². The Kier molecular flexibility index (Phi) is 7.44. The normalized spacial score (nSPS) is 27.7. The molecule has 0 bridgehead atoms. The highest BCUT2D eigenvalue weighted by Crippen LogP contribution is 2.34. The fraction of sp³-hybridized carbons (Fsp3) is 0.938. The van der Waals surface area contributed by atoms with Crippen LogP contribution in [-0.2, 0) is 4.79 Å². The van der Waals surface area contributed by atoms with Crippen LogP contribution in [-0.4, -0.2) is 35.6 Å². The number of unbranched alkanes of at least 4 members (excludes halogenated alkanes) is 2. The van der Waals surface area contributed by atoms with Crippen molar-refractivity contribution < 1.29 is 9.90 Å². The molecule has 1 saturated carbocycles. The van der Waals surface area contributed by atoms with Crippen LogP contribution in [0.25, 0.3) is 0 Å². The molecule has 3 atom stereocenters. The fourth-order valence-electron chi connectivity index (χ4n) is 3.45. The van der Waals surface area contributed by atoms with Crippen molar-refractivity contribution in [2.75, 3.05) is 13.6 Å². The molecule has 1 N–H and O–H groups in total. The Labute approximate surface area is 118 Å². The topological polar surface area (TPSA) is 40.5 Å². The Morgan fingerprint density at radius 3 is 2.53 bits per heavy atom. The highest BCUT2D eigenvalue weighted by Gasteiger charge is 2.36. The van der Waals surface area contributed by atoms with Gasteiger partial charge in [-0.2, -0.15) is 0 Å². The lowest BCUT2D eigenvalue weighted by Gasteiger charge is -2.39. The van der Waals surface area contributed by atoms with Gasteiger partial charge in [0.2, 0.25) is 0 Å². The number of hydrogen-bond donors (Lipinski definition) is 1. The van der Waals surface area contributed by atoms with E-state index in [1.54, 1.807) is 0 Å². The summed E-state index contributed by atoms with van der Waals surface area (Å²) in [5.74, 6) is -0.0127. The first-order chi connectivity index (χ1) is 9.10. The minimum atomic E-state index is -0.595. The van der Waals surface area contributed by atoms with E-state index < -0.39 is 5.97 Å². The molecule has 0 aromatic carbocycles. The predicted molar refractivity (Wildman–Crippen MR) is 79.3 cm³/mol. The molecule has 1 aliphatic rings. The van der Waals surface area contributed by atoms with E-state index in [0.717, 1.165) is 31.7 Å². The molecule has 0 radical (unpaired) electrons. The van der Waals surface area contributed by atoms with Crippen LogP contribution in [0.3, 0.4) is 0 Å². The van der Waals surface area contributed by atoms with Crippen LogP contribution in [0, 0.1) is 11.8 Å². The summed E-state index contributed by atoms with van der Waals surface area (Å²) in [5, 5.41) is 9.42. The van der Waals surface area contributed by atoms with Crippen LogP contribution in [0.1, 0.15) is 65.2 Å². The molecule has 0 aliphatic heterocycles. The number of carboxylic acid groups (broad SMARTS) is 1. The first-order valence-electron chi connectivity index (χ1n) is 8.03. The quantitative estimate of drug-likeness (QED) is 0.682. The zero-order valence-electron chi connectivity index (χ0n) is 12.9. The van der Waals surface area contributed by atoms with E-state index >= 15 is 0 Å². The first-order valence-corrected chi connectivity index (χ1v) is 8.03. The summed E-state index contributed by atoms with van der Waals surface area (Å²) in [5.41, 5.74) is 0. The number of carbonyl (C=O) groups is 1. The molecular formula is C16H31NO2. The molecule has 112 valence electrons. The monoisotopic (exact) mass is 269 g/mol. The minimum Gasteiger partial charge on any atom is -0.481 e. The molecule has 3 unspecified atom stereocenters. The standard InChI is InChI=1S/C16H31NO2/c1-4-6-7-11-17(3)15-12-13(8-5-2)9-10-14(15)16(18)19/h13-15H,4-12H2,1-3H3,(H,18,19). The van der Waals surface area contributed by atoms with Crippen molar-refractivity contribution in [2.45, 2.75) is 71.3 Å². The zero-order chi connectivity index (χ0) is 14.3. The maximum absolute atomic E-state index is 11.4. The smallest absolute Gasteiger partial charge is 0.308 e. The summed E-state index contributed by atoms with van der Waals surface area (Å²) >= 11 is 0. The van der Waals surface area contributed by atoms with E-state index in [1.165, 1.54) is 32.1 Å². The summed E-state index contributed by atoms with van der Waals surface area (Å²) in [7, 11) is 2.12. The summed E-state index contributed by atoms with van der Waals surface area (Å²) in [4.78, 5) is 13.8. The van der Waals surface area contributed by atoms with E-state index in [4.69, 9.17) is 0 Å². The largest absolute Gasteiger partial charge is 0.481 e. The van der Waals surface area contributed by atoms with Gasteiger partial charge in [-0.1, -0.05) is 39.5 Å². The van der Waals surface area contributed by atoms with E-state index in [1.807, 2.05) is 0 Å². The van der Waals surface area contributed by atoms with E-state index in [0.29, 0.717) is 0 Å². The third-order valence-corrected chi connectivity index (χ3v) is 4.62. The van der Waals surface area contributed by atoms with Crippen LogP contribution in [0.15, 0.2) is 0 Å². The van der Waals surface area contributed by atoms with Gasteiger partial charge in [-0.05, 0) is 45.2 Å². The average molecular weight is 269 g/mol. The van der Waals surface area contributed by atoms with Gasteiger partial charge in [-0.15, -0.1) is 0 Å². The Morgan fingerprint density at radius 1 is 1.21 bits per heavy atom. The second kappa shape index (κ2) is 8.57. The molecule has 1 rings (SSSR count). The van der Waals surface area contributed by atoms with Crippen LogP contribution >= 0.6 is 0 Å². The van der Waals surface area contributed by atoms with Crippen LogP contribution in [0.2, 0.25) is 0 Å². The SMILES string of the molecule is CCCCCN(C)C1CC(CCC)CCC1C(=O)O. The maximum atomic E-state index is 11.4. The number of aliphatic carboxylic acids is 1. The van der Waals surface area contributed by atoms with Gasteiger partial charge in [-0.25, -0.2) is 0 Å². The fourth-order valence-corrected chi connectivity index (χ4v) is 3.45. The number of nitrogens with zero attached hydrogens (tertiary/aromatic N) is 1. The summed E-state index contributed by atoms with van der Waals surface area (Å²) in [6.45, 7) is 5.47. The Balaban J connectivity index is 2.57. The van der Waals surface area contributed by atoms with E-state index in [9.17, 15) is 9.90 Å². The van der Waals surface area contributed by atoms with Crippen molar-refractivity contribution >= 4 is 5.97 Å². The van der Waals surface area contributed by atoms with Gasteiger partial charge in [0, 0.05) is 6.04 Å². The molecule has 1 fully saturated rings. The molecule has 0 saturated heterocycles. The zero-order valence-corrected chi connectivity index (χ0v) is 12.9. The lowest BCUT2D eigenvalue weighted by atomic mass is 9.76. The molecule has 0 amide bonds. The summed E-state index contributed by atoms with van der Waals surface area (Å²) in [6.07, 6.45) is 9.17. The highest BCUT2D eigenvalue weighted by molar-refractivity contribution is 5.71. The van der Waals surface area contributed by atoms with Gasteiger partial charge in [0.25, 0.3) is 0 Å². The lowest BCUT2D eigenvalue weighted by molar-refractivity contribution is -0.146. The third-order valence-electron chi connectivity index (χ3n) is 4.62. The molecule has 0 aromatic rings. The Morgan fingerprint density at radius 2 is 1.95 bits per heavy atom. The van der Waals surface area contributed by atoms with Crippen molar-refractivity contribution in [3.63, 3.8) is 0 Å². The van der Waals surface area contributed by atoms with Crippen LogP contribution in [0.5, 0.6) is 0 Å². The van der Waals surface area contributed by atoms with Gasteiger partial charge < -0.3 is 10.0 Å². The minimum absolute atomic E-state index is 0.153. The van der Waals surface area contributed by atoms with Gasteiger partial charge >= 0.3 is 5.97 Å². The molecule has 0 aromatic heterocycles.